The molecule has 6 nitrogen and oxygen atoms in total. The molecule has 2 saturated heterocycles. The lowest BCUT2D eigenvalue weighted by Crippen LogP contribution is -2.49. The first-order chi connectivity index (χ1) is 11.0. The summed E-state index contributed by atoms with van der Waals surface area (Å²) in [5, 5.41) is 5.70. The van der Waals surface area contributed by atoms with Gasteiger partial charge in [0.25, 0.3) is 11.8 Å². The minimum Gasteiger partial charge on any atom is -0.356 e. The standard InChI is InChI=1S/C15H14N4O2S/c1-9-17-14(21)15(18-9)4-5-19(7-15)13(20)10-2-3-12-11(6-10)16-8-22-12/h2-3,6,8,18H,1,4-5,7H2,(H,17,21)/i6T. The lowest BCUT2D eigenvalue weighted by atomic mass is 9.99. The molecule has 0 bridgehead atoms. The summed E-state index contributed by atoms with van der Waals surface area (Å²) in [6.07, 6.45) is 0.524. The predicted octanol–water partition coefficient (Wildman–Crippen LogP) is 1.07. The number of nitrogens with one attached hydrogen (secondary N) is 2. The molecule has 2 aliphatic rings. The summed E-state index contributed by atoms with van der Waals surface area (Å²) in [5.74, 6) is 0.0714. The van der Waals surface area contributed by atoms with Gasteiger partial charge in [0.2, 0.25) is 0 Å². The molecule has 22 heavy (non-hydrogen) atoms. The van der Waals surface area contributed by atoms with Crippen LogP contribution in [-0.4, -0.2) is 40.3 Å². The Hall–Kier alpha value is -2.41. The molecule has 1 unspecified atom stereocenters. The normalized spacial score (nSPS) is 24.7. The molecule has 4 rings (SSSR count). The molecule has 2 aromatic rings. The Morgan fingerprint density at radius 3 is 3.18 bits per heavy atom. The number of carbonyl (C=O) groups excluding carboxylic acids is 2. The van der Waals surface area contributed by atoms with Gasteiger partial charge in [0.1, 0.15) is 5.54 Å². The summed E-state index contributed by atoms with van der Waals surface area (Å²) >= 11 is 1.44. The fourth-order valence-corrected chi connectivity index (χ4v) is 3.63. The summed E-state index contributed by atoms with van der Waals surface area (Å²) in [6.45, 7) is 4.44. The van der Waals surface area contributed by atoms with E-state index in [1.165, 1.54) is 11.3 Å². The molecule has 0 saturated carbocycles. The van der Waals surface area contributed by atoms with Crippen molar-refractivity contribution >= 4 is 33.4 Å². The monoisotopic (exact) mass is 316 g/mol. The average Bonchev–Trinajstić information content (AvgIpc) is 3.20. The number of benzene rings is 1. The van der Waals surface area contributed by atoms with Crippen molar-refractivity contribution in [3.8, 4) is 0 Å². The van der Waals surface area contributed by atoms with Gasteiger partial charge in [0.05, 0.1) is 29.5 Å². The lowest BCUT2D eigenvalue weighted by Gasteiger charge is -2.21. The van der Waals surface area contributed by atoms with Crippen LogP contribution in [0.15, 0.2) is 36.1 Å². The van der Waals surface area contributed by atoms with E-state index in [9.17, 15) is 9.59 Å². The van der Waals surface area contributed by atoms with E-state index < -0.39 is 5.54 Å². The van der Waals surface area contributed by atoms with Crippen LogP contribution in [-0.2, 0) is 4.79 Å². The Balaban J connectivity index is 1.63. The molecule has 1 aromatic carbocycles. The zero-order chi connectivity index (χ0) is 16.2. The van der Waals surface area contributed by atoms with Gasteiger partial charge in [0, 0.05) is 12.1 Å². The Morgan fingerprint density at radius 1 is 1.55 bits per heavy atom. The van der Waals surface area contributed by atoms with Crippen molar-refractivity contribution < 1.29 is 11.0 Å². The summed E-state index contributed by atoms with van der Waals surface area (Å²) < 4.78 is 9.10. The molecular formula is C15H14N4O2S. The predicted molar refractivity (Wildman–Crippen MR) is 83.3 cm³/mol. The van der Waals surface area contributed by atoms with E-state index >= 15 is 0 Å². The highest BCUT2D eigenvalue weighted by Gasteiger charge is 2.49. The molecule has 3 heterocycles. The van der Waals surface area contributed by atoms with Crippen molar-refractivity contribution in [3.05, 3.63) is 41.6 Å². The molecule has 2 fully saturated rings. The quantitative estimate of drug-likeness (QED) is 0.825. The highest BCUT2D eigenvalue weighted by molar-refractivity contribution is 7.16. The van der Waals surface area contributed by atoms with Crippen LogP contribution >= 0.6 is 11.3 Å². The Bertz CT molecular complexity index is 864. The number of rotatable bonds is 1. The zero-order valence-electron chi connectivity index (χ0n) is 12.7. The van der Waals surface area contributed by atoms with Crippen molar-refractivity contribution in [3.63, 3.8) is 0 Å². The number of fused-ring (bicyclic) bond motifs is 1. The lowest BCUT2D eigenvalue weighted by molar-refractivity contribution is -0.123. The van der Waals surface area contributed by atoms with Crippen LogP contribution in [0, 0.1) is 0 Å². The fourth-order valence-electron chi connectivity index (χ4n) is 2.99. The molecule has 2 aliphatic heterocycles. The van der Waals surface area contributed by atoms with Gasteiger partial charge in [-0.25, -0.2) is 4.98 Å². The number of carbonyl (C=O) groups is 2. The van der Waals surface area contributed by atoms with E-state index in [0.717, 1.165) is 4.70 Å². The average molecular weight is 316 g/mol. The third-order valence-corrected chi connectivity index (χ3v) is 4.92. The van der Waals surface area contributed by atoms with Crippen LogP contribution in [0.5, 0.6) is 0 Å². The van der Waals surface area contributed by atoms with E-state index in [4.69, 9.17) is 1.37 Å². The molecule has 1 spiro atoms. The summed E-state index contributed by atoms with van der Waals surface area (Å²) in [7, 11) is 0. The van der Waals surface area contributed by atoms with Crippen LogP contribution in [0.4, 0.5) is 0 Å². The highest BCUT2D eigenvalue weighted by atomic mass is 32.1. The van der Waals surface area contributed by atoms with Gasteiger partial charge in [-0.05, 0) is 24.6 Å². The van der Waals surface area contributed by atoms with Crippen molar-refractivity contribution in [2.45, 2.75) is 12.0 Å². The third kappa shape index (κ3) is 1.89. The van der Waals surface area contributed by atoms with E-state index in [1.807, 2.05) is 6.07 Å². The second kappa shape index (κ2) is 4.54. The maximum atomic E-state index is 12.8. The smallest absolute Gasteiger partial charge is 0.254 e. The van der Waals surface area contributed by atoms with Gasteiger partial charge < -0.3 is 15.5 Å². The van der Waals surface area contributed by atoms with Gasteiger partial charge in [-0.2, -0.15) is 0 Å². The zero-order valence-corrected chi connectivity index (χ0v) is 12.5. The first-order valence-electron chi connectivity index (χ1n) is 7.41. The summed E-state index contributed by atoms with van der Waals surface area (Å²) in [5.41, 5.74) is 1.73. The van der Waals surface area contributed by atoms with Crippen LogP contribution < -0.4 is 10.6 Å². The van der Waals surface area contributed by atoms with E-state index in [0.29, 0.717) is 29.9 Å². The summed E-state index contributed by atoms with van der Waals surface area (Å²) in [6, 6.07) is 3.62. The number of hydrogen-bond donors (Lipinski definition) is 2. The van der Waals surface area contributed by atoms with Crippen molar-refractivity contribution in [2.24, 2.45) is 0 Å². The van der Waals surface area contributed by atoms with Gasteiger partial charge in [-0.3, -0.25) is 9.59 Å². The third-order valence-electron chi connectivity index (χ3n) is 4.13. The van der Waals surface area contributed by atoms with Gasteiger partial charge in [-0.15, -0.1) is 11.3 Å². The maximum absolute atomic E-state index is 12.8. The van der Waals surface area contributed by atoms with E-state index in [-0.39, 0.29) is 24.4 Å². The topological polar surface area (TPSA) is 74.3 Å². The number of thiazole rings is 1. The molecule has 7 heteroatoms. The molecule has 0 radical (unpaired) electrons. The van der Waals surface area contributed by atoms with Crippen LogP contribution in [0.2, 0.25) is 0 Å². The fraction of sp³-hybridized carbons (Fsp3) is 0.267. The number of amides is 2. The molecule has 1 atom stereocenters. The molecule has 112 valence electrons. The largest absolute Gasteiger partial charge is 0.356 e. The first kappa shape index (κ1) is 12.2. The Kier molecular flexibility index (Phi) is 2.51. The minimum absolute atomic E-state index is 0.142. The molecule has 2 N–H and O–H groups in total. The molecule has 0 aliphatic carbocycles. The maximum Gasteiger partial charge on any atom is 0.254 e. The molecule has 2 amide bonds. The highest BCUT2D eigenvalue weighted by Crippen LogP contribution is 2.28. The number of aromatic nitrogens is 1. The first-order valence-corrected chi connectivity index (χ1v) is 7.79. The van der Waals surface area contributed by atoms with Gasteiger partial charge in [0.15, 0.2) is 0 Å². The number of likely N-dealkylation sites (tertiary alicyclic amines) is 1. The van der Waals surface area contributed by atoms with Crippen molar-refractivity contribution in [2.75, 3.05) is 13.1 Å². The SMILES string of the molecule is [3H]c1c(C(=O)N2CCC3(C2)NC(=C)NC3=O)ccc2scnc12. The number of hydrogen-bond acceptors (Lipinski definition) is 5. The van der Waals surface area contributed by atoms with Crippen LogP contribution in [0.25, 0.3) is 10.2 Å². The molecule has 1 aromatic heterocycles. The Morgan fingerprint density at radius 2 is 2.41 bits per heavy atom. The van der Waals surface area contributed by atoms with Gasteiger partial charge >= 0.3 is 0 Å². The van der Waals surface area contributed by atoms with Crippen molar-refractivity contribution in [1.82, 2.24) is 20.5 Å². The minimum atomic E-state index is -0.792. The van der Waals surface area contributed by atoms with Crippen LogP contribution in [0.3, 0.4) is 0 Å². The number of nitrogens with zero attached hydrogens (tertiary/aromatic N) is 2. The second-order valence-corrected chi connectivity index (χ2v) is 6.44. The van der Waals surface area contributed by atoms with E-state index in [1.54, 1.807) is 16.5 Å². The van der Waals surface area contributed by atoms with Gasteiger partial charge in [-0.1, -0.05) is 6.58 Å². The van der Waals surface area contributed by atoms with E-state index in [2.05, 4.69) is 22.2 Å². The summed E-state index contributed by atoms with van der Waals surface area (Å²) in [4.78, 5) is 30.6. The van der Waals surface area contributed by atoms with Crippen molar-refractivity contribution in [1.29, 1.82) is 0 Å². The van der Waals surface area contributed by atoms with Crippen LogP contribution in [0.1, 0.15) is 18.1 Å². The molecular weight excluding hydrogens is 300 g/mol. The second-order valence-electron chi connectivity index (χ2n) is 5.55. The Labute approximate surface area is 132 Å².